The molecule has 6 heteroatoms. The molecule has 0 radical (unpaired) electrons. The van der Waals surface area contributed by atoms with E-state index in [1.807, 2.05) is 0 Å². The highest BCUT2D eigenvalue weighted by atomic mass is 79.9. The number of hydrogen-bond donors (Lipinski definition) is 3. The quantitative estimate of drug-likeness (QED) is 0.591. The van der Waals surface area contributed by atoms with Gasteiger partial charge in [-0.3, -0.25) is 0 Å². The predicted octanol–water partition coefficient (Wildman–Crippen LogP) is 2.82. The number of aliphatic hydroxyl groups is 1. The van der Waals surface area contributed by atoms with E-state index in [0.717, 1.165) is 0 Å². The van der Waals surface area contributed by atoms with Gasteiger partial charge >= 0.3 is 0 Å². The van der Waals surface area contributed by atoms with Gasteiger partial charge in [0, 0.05) is 12.2 Å². The Morgan fingerprint density at radius 2 is 2.13 bits per heavy atom. The first-order valence-corrected chi connectivity index (χ1v) is 5.91. The number of hydrogen-bond acceptors (Lipinski definition) is 3. The van der Waals surface area contributed by atoms with Gasteiger partial charge in [0.2, 0.25) is 0 Å². The van der Waals surface area contributed by atoms with Crippen LogP contribution in [0, 0.1) is 0 Å². The van der Waals surface area contributed by atoms with Crippen molar-refractivity contribution in [1.29, 1.82) is 0 Å². The molecule has 1 aromatic carbocycles. The van der Waals surface area contributed by atoms with Gasteiger partial charge in [-0.2, -0.15) is 0 Å². The Morgan fingerprint density at radius 3 is 2.67 bits per heavy atom. The number of halogens is 3. The number of aromatic hydroxyl groups is 1. The number of anilines is 1. The fraction of sp³-hybridized carbons (Fsp3) is 0.333. The lowest BCUT2D eigenvalue weighted by Gasteiger charge is -2.11. The van der Waals surface area contributed by atoms with Crippen LogP contribution in [-0.2, 0) is 0 Å². The standard InChI is InChI=1S/C9H10BrCl2NO2/c10-7-1-5(2-8(12)9(7)15)13-4-6(14)3-11/h1-2,6,13-15H,3-4H2. The van der Waals surface area contributed by atoms with E-state index in [2.05, 4.69) is 21.2 Å². The van der Waals surface area contributed by atoms with Crippen molar-refractivity contribution < 1.29 is 10.2 Å². The summed E-state index contributed by atoms with van der Waals surface area (Å²) in [6.07, 6.45) is -0.613. The molecule has 0 amide bonds. The molecule has 0 fully saturated rings. The number of alkyl halides is 1. The first-order valence-electron chi connectivity index (χ1n) is 4.20. The van der Waals surface area contributed by atoms with Crippen LogP contribution in [0.3, 0.4) is 0 Å². The minimum atomic E-state index is -0.613. The third-order valence-electron chi connectivity index (χ3n) is 1.74. The molecule has 0 aliphatic rings. The molecular formula is C9H10BrCl2NO2. The van der Waals surface area contributed by atoms with Crippen molar-refractivity contribution in [3.05, 3.63) is 21.6 Å². The molecule has 3 N–H and O–H groups in total. The van der Waals surface area contributed by atoms with Crippen LogP contribution >= 0.6 is 39.1 Å². The van der Waals surface area contributed by atoms with Crippen molar-refractivity contribution in [1.82, 2.24) is 0 Å². The smallest absolute Gasteiger partial charge is 0.148 e. The van der Waals surface area contributed by atoms with Gasteiger partial charge in [0.15, 0.2) is 0 Å². The fourth-order valence-electron chi connectivity index (χ4n) is 0.958. The highest BCUT2D eigenvalue weighted by molar-refractivity contribution is 9.10. The third kappa shape index (κ3) is 3.72. The van der Waals surface area contributed by atoms with E-state index in [0.29, 0.717) is 16.7 Å². The average Bonchev–Trinajstić information content (AvgIpc) is 2.22. The molecule has 0 saturated heterocycles. The minimum Gasteiger partial charge on any atom is -0.505 e. The Hall–Kier alpha value is -0.160. The maximum absolute atomic E-state index is 9.38. The molecule has 0 spiro atoms. The van der Waals surface area contributed by atoms with Gasteiger partial charge in [-0.15, -0.1) is 11.6 Å². The topological polar surface area (TPSA) is 52.5 Å². The van der Waals surface area contributed by atoms with Crippen LogP contribution in [0.25, 0.3) is 0 Å². The first kappa shape index (κ1) is 12.9. The molecule has 0 saturated carbocycles. The summed E-state index contributed by atoms with van der Waals surface area (Å²) in [5, 5.41) is 21.8. The second-order valence-corrected chi connectivity index (χ2v) is 4.55. The summed E-state index contributed by atoms with van der Waals surface area (Å²) in [5.41, 5.74) is 0.703. The monoisotopic (exact) mass is 313 g/mol. The highest BCUT2D eigenvalue weighted by Gasteiger charge is 2.07. The van der Waals surface area contributed by atoms with Crippen molar-refractivity contribution in [3.8, 4) is 5.75 Å². The Labute approximate surface area is 106 Å². The van der Waals surface area contributed by atoms with Gasteiger partial charge in [0.25, 0.3) is 0 Å². The maximum Gasteiger partial charge on any atom is 0.148 e. The zero-order valence-electron chi connectivity index (χ0n) is 7.67. The van der Waals surface area contributed by atoms with Gasteiger partial charge < -0.3 is 15.5 Å². The van der Waals surface area contributed by atoms with Crippen LogP contribution < -0.4 is 5.32 Å². The van der Waals surface area contributed by atoms with E-state index in [1.165, 1.54) is 0 Å². The zero-order valence-corrected chi connectivity index (χ0v) is 10.8. The number of nitrogens with one attached hydrogen (secondary N) is 1. The Bertz CT molecular complexity index is 326. The summed E-state index contributed by atoms with van der Waals surface area (Å²) in [7, 11) is 0. The van der Waals surface area contributed by atoms with E-state index in [-0.39, 0.29) is 16.7 Å². The fourth-order valence-corrected chi connectivity index (χ4v) is 1.86. The predicted molar refractivity (Wildman–Crippen MR) is 66.0 cm³/mol. The lowest BCUT2D eigenvalue weighted by Crippen LogP contribution is -2.20. The van der Waals surface area contributed by atoms with E-state index >= 15 is 0 Å². The van der Waals surface area contributed by atoms with Crippen LogP contribution in [-0.4, -0.2) is 28.7 Å². The Kier molecular flexibility index (Phi) is 4.99. The normalized spacial score (nSPS) is 12.5. The Morgan fingerprint density at radius 1 is 1.47 bits per heavy atom. The SMILES string of the molecule is Oc1c(Cl)cc(NCC(O)CCl)cc1Br. The molecule has 0 aliphatic heterocycles. The average molecular weight is 315 g/mol. The van der Waals surface area contributed by atoms with Gasteiger partial charge in [-0.25, -0.2) is 0 Å². The molecule has 0 aliphatic carbocycles. The van der Waals surface area contributed by atoms with Gasteiger partial charge in [-0.05, 0) is 28.1 Å². The molecular weight excluding hydrogens is 305 g/mol. The molecule has 0 aromatic heterocycles. The van der Waals surface area contributed by atoms with Crippen LogP contribution in [0.15, 0.2) is 16.6 Å². The van der Waals surface area contributed by atoms with Crippen LogP contribution in [0.1, 0.15) is 0 Å². The molecule has 15 heavy (non-hydrogen) atoms. The van der Waals surface area contributed by atoms with Crippen molar-refractivity contribution in [2.75, 3.05) is 17.7 Å². The second kappa shape index (κ2) is 5.80. The zero-order chi connectivity index (χ0) is 11.4. The van der Waals surface area contributed by atoms with Gasteiger partial charge in [0.1, 0.15) is 5.75 Å². The highest BCUT2D eigenvalue weighted by Crippen LogP contribution is 2.34. The maximum atomic E-state index is 9.38. The summed E-state index contributed by atoms with van der Waals surface area (Å²) < 4.78 is 0.498. The second-order valence-electron chi connectivity index (χ2n) is 2.98. The number of aliphatic hydroxyl groups excluding tert-OH is 1. The molecule has 1 aromatic rings. The lowest BCUT2D eigenvalue weighted by molar-refractivity contribution is 0.211. The molecule has 1 unspecified atom stereocenters. The van der Waals surface area contributed by atoms with Gasteiger partial charge in [0.05, 0.1) is 21.5 Å². The number of benzene rings is 1. The van der Waals surface area contributed by atoms with Crippen molar-refractivity contribution in [2.24, 2.45) is 0 Å². The summed E-state index contributed by atoms with van der Waals surface area (Å²) in [6.45, 7) is 0.330. The number of phenolic OH excluding ortho intramolecular Hbond substituents is 1. The van der Waals surface area contributed by atoms with Crippen molar-refractivity contribution >= 4 is 44.8 Å². The van der Waals surface area contributed by atoms with E-state index in [1.54, 1.807) is 12.1 Å². The van der Waals surface area contributed by atoms with E-state index in [9.17, 15) is 10.2 Å². The molecule has 0 bridgehead atoms. The molecule has 84 valence electrons. The third-order valence-corrected chi connectivity index (χ3v) is 2.99. The van der Waals surface area contributed by atoms with Crippen LogP contribution in [0.5, 0.6) is 5.75 Å². The summed E-state index contributed by atoms with van der Waals surface area (Å²) >= 11 is 14.4. The van der Waals surface area contributed by atoms with E-state index < -0.39 is 6.10 Å². The first-order chi connectivity index (χ1) is 7.04. The molecule has 1 rings (SSSR count). The minimum absolute atomic E-state index is 0.000100. The van der Waals surface area contributed by atoms with Crippen molar-refractivity contribution in [2.45, 2.75) is 6.10 Å². The number of rotatable bonds is 4. The van der Waals surface area contributed by atoms with E-state index in [4.69, 9.17) is 23.2 Å². The van der Waals surface area contributed by atoms with Crippen molar-refractivity contribution in [3.63, 3.8) is 0 Å². The van der Waals surface area contributed by atoms with Crippen LogP contribution in [0.4, 0.5) is 5.69 Å². The molecule has 1 atom stereocenters. The summed E-state index contributed by atoms with van der Waals surface area (Å²) in [5.74, 6) is 0.167. The molecule has 0 heterocycles. The largest absolute Gasteiger partial charge is 0.505 e. The lowest BCUT2D eigenvalue weighted by atomic mass is 10.3. The van der Waals surface area contributed by atoms with Gasteiger partial charge in [-0.1, -0.05) is 11.6 Å². The Balaban J connectivity index is 2.70. The molecule has 3 nitrogen and oxygen atoms in total. The summed E-state index contributed by atoms with van der Waals surface area (Å²) in [4.78, 5) is 0. The summed E-state index contributed by atoms with van der Waals surface area (Å²) in [6, 6.07) is 3.24. The van der Waals surface area contributed by atoms with Crippen LogP contribution in [0.2, 0.25) is 5.02 Å². The number of phenols is 1.